The topological polar surface area (TPSA) is 41.3 Å². The van der Waals surface area contributed by atoms with Crippen LogP contribution in [0.5, 0.6) is 0 Å². The zero-order chi connectivity index (χ0) is 27.8. The van der Waals surface area contributed by atoms with Crippen molar-refractivity contribution in [2.45, 2.75) is 31.3 Å². The summed E-state index contributed by atoms with van der Waals surface area (Å²) < 4.78 is 16.6. The summed E-state index contributed by atoms with van der Waals surface area (Å²) >= 11 is 14.9. The standard InChI is InChI=1S/C30H30Cl2FN3OS/c1-7-24(35(4)5)20-13-11-19(16-26(20)38-6)18-12-14-25(22(32)15-18)36-17-27(30(2,3)37)34-29(36)28-21(31)9-8-10-23(28)33/h7-17,37H,1-6H3/b24-7+. The van der Waals surface area contributed by atoms with Gasteiger partial charge >= 0.3 is 0 Å². The monoisotopic (exact) mass is 569 g/mol. The average Bonchev–Trinajstić information content (AvgIpc) is 3.29. The van der Waals surface area contributed by atoms with Crippen molar-refractivity contribution in [3.05, 3.63) is 94.0 Å². The first kappa shape index (κ1) is 28.2. The van der Waals surface area contributed by atoms with Crippen LogP contribution in [0.4, 0.5) is 4.39 Å². The van der Waals surface area contributed by atoms with Gasteiger partial charge in [0.05, 0.1) is 27.0 Å². The zero-order valence-electron chi connectivity index (χ0n) is 22.2. The lowest BCUT2D eigenvalue weighted by molar-refractivity contribution is 0.0743. The highest BCUT2D eigenvalue weighted by Crippen LogP contribution is 2.38. The van der Waals surface area contributed by atoms with Gasteiger partial charge in [-0.05, 0) is 68.5 Å². The average molecular weight is 571 g/mol. The lowest BCUT2D eigenvalue weighted by atomic mass is 10.0. The van der Waals surface area contributed by atoms with Crippen molar-refractivity contribution in [1.29, 1.82) is 0 Å². The van der Waals surface area contributed by atoms with E-state index >= 15 is 0 Å². The first-order valence-electron chi connectivity index (χ1n) is 12.0. The van der Waals surface area contributed by atoms with Crippen LogP contribution in [0.1, 0.15) is 32.0 Å². The largest absolute Gasteiger partial charge is 0.384 e. The van der Waals surface area contributed by atoms with E-state index in [-0.39, 0.29) is 16.4 Å². The third-order valence-corrected chi connectivity index (χ3v) is 7.69. The van der Waals surface area contributed by atoms with Gasteiger partial charge in [0.25, 0.3) is 0 Å². The van der Waals surface area contributed by atoms with Gasteiger partial charge in [0, 0.05) is 36.4 Å². The van der Waals surface area contributed by atoms with Crippen molar-refractivity contribution in [2.24, 2.45) is 0 Å². The second-order valence-corrected chi connectivity index (χ2v) is 11.3. The molecule has 1 N–H and O–H groups in total. The Balaban J connectivity index is 1.83. The Kier molecular flexibility index (Phi) is 8.29. The molecule has 4 rings (SSSR count). The molecule has 0 aliphatic carbocycles. The summed E-state index contributed by atoms with van der Waals surface area (Å²) in [6, 6.07) is 16.6. The van der Waals surface area contributed by atoms with Crippen LogP contribution in [0.3, 0.4) is 0 Å². The number of benzene rings is 3. The Labute approximate surface area is 237 Å². The van der Waals surface area contributed by atoms with Crippen molar-refractivity contribution in [3.63, 3.8) is 0 Å². The molecular formula is C30H30Cl2FN3OS. The summed E-state index contributed by atoms with van der Waals surface area (Å²) in [5, 5.41) is 11.3. The third kappa shape index (κ3) is 5.50. The maximum Gasteiger partial charge on any atom is 0.149 e. The second-order valence-electron chi connectivity index (χ2n) is 9.63. The Morgan fingerprint density at radius 1 is 1.05 bits per heavy atom. The zero-order valence-corrected chi connectivity index (χ0v) is 24.5. The number of rotatable bonds is 7. The maximum atomic E-state index is 14.9. The van der Waals surface area contributed by atoms with E-state index in [9.17, 15) is 9.50 Å². The molecule has 1 heterocycles. The number of aliphatic hydroxyl groups is 1. The first-order valence-corrected chi connectivity index (χ1v) is 14.0. The first-order chi connectivity index (χ1) is 18.0. The van der Waals surface area contributed by atoms with Gasteiger partial charge < -0.3 is 10.0 Å². The predicted molar refractivity (Wildman–Crippen MR) is 159 cm³/mol. The van der Waals surface area contributed by atoms with Gasteiger partial charge in [0.1, 0.15) is 17.2 Å². The Morgan fingerprint density at radius 3 is 2.32 bits per heavy atom. The molecule has 4 aromatic rings. The summed E-state index contributed by atoms with van der Waals surface area (Å²) in [5.41, 5.74) is 4.15. The van der Waals surface area contributed by atoms with Gasteiger partial charge in [-0.15, -0.1) is 11.8 Å². The number of hydrogen-bond acceptors (Lipinski definition) is 4. The van der Waals surface area contributed by atoms with Crippen molar-refractivity contribution in [1.82, 2.24) is 14.5 Å². The van der Waals surface area contributed by atoms with Crippen LogP contribution in [0.25, 0.3) is 33.9 Å². The quantitative estimate of drug-likeness (QED) is 0.226. The van der Waals surface area contributed by atoms with Crippen LogP contribution < -0.4 is 0 Å². The summed E-state index contributed by atoms with van der Waals surface area (Å²) in [5.74, 6) is -0.251. The fourth-order valence-electron chi connectivity index (χ4n) is 4.37. The SMILES string of the molecule is C/C=C(\c1ccc(-c2ccc(-n3cc(C(C)(C)O)nc3-c3c(F)cccc3Cl)c(Cl)c2)cc1SC)N(C)C. The van der Waals surface area contributed by atoms with E-state index in [1.165, 1.54) is 11.6 Å². The Hall–Kier alpha value is -2.77. The molecule has 0 amide bonds. The molecule has 8 heteroatoms. The van der Waals surface area contributed by atoms with Gasteiger partial charge in [-0.1, -0.05) is 53.5 Å². The van der Waals surface area contributed by atoms with Crippen LogP contribution in [-0.2, 0) is 5.60 Å². The third-order valence-electron chi connectivity index (χ3n) is 6.29. The molecule has 0 radical (unpaired) electrons. The van der Waals surface area contributed by atoms with E-state index < -0.39 is 11.4 Å². The van der Waals surface area contributed by atoms with Gasteiger partial charge in [-0.25, -0.2) is 9.37 Å². The molecule has 0 aliphatic rings. The minimum Gasteiger partial charge on any atom is -0.384 e. The Morgan fingerprint density at radius 2 is 1.74 bits per heavy atom. The highest BCUT2D eigenvalue weighted by Gasteiger charge is 2.26. The lowest BCUT2D eigenvalue weighted by Gasteiger charge is -2.20. The molecule has 3 aromatic carbocycles. The highest BCUT2D eigenvalue weighted by molar-refractivity contribution is 7.98. The summed E-state index contributed by atoms with van der Waals surface area (Å²) in [6.07, 6.45) is 5.84. The minimum atomic E-state index is -1.25. The summed E-state index contributed by atoms with van der Waals surface area (Å²) in [7, 11) is 4.07. The van der Waals surface area contributed by atoms with Gasteiger partial charge in [0.2, 0.25) is 0 Å². The van der Waals surface area contributed by atoms with Crippen molar-refractivity contribution in [3.8, 4) is 28.2 Å². The van der Waals surface area contributed by atoms with E-state index in [4.69, 9.17) is 23.2 Å². The normalized spacial score (nSPS) is 12.2. The maximum absolute atomic E-state index is 14.9. The van der Waals surface area contributed by atoms with Crippen LogP contribution >= 0.6 is 35.0 Å². The molecule has 4 nitrogen and oxygen atoms in total. The molecule has 0 bridgehead atoms. The number of imidazole rings is 1. The fraction of sp³-hybridized carbons (Fsp3) is 0.233. The molecular weight excluding hydrogens is 540 g/mol. The summed E-state index contributed by atoms with van der Waals surface area (Å²) in [4.78, 5) is 7.82. The van der Waals surface area contributed by atoms with E-state index in [0.717, 1.165) is 21.7 Å². The van der Waals surface area contributed by atoms with Crippen LogP contribution in [0.2, 0.25) is 10.0 Å². The van der Waals surface area contributed by atoms with Crippen molar-refractivity contribution < 1.29 is 9.50 Å². The molecule has 0 spiro atoms. The van der Waals surface area contributed by atoms with E-state index in [0.29, 0.717) is 16.4 Å². The fourth-order valence-corrected chi connectivity index (χ4v) is 5.52. The molecule has 1 aromatic heterocycles. The smallest absolute Gasteiger partial charge is 0.149 e. The van der Waals surface area contributed by atoms with E-state index in [1.807, 2.05) is 39.2 Å². The molecule has 198 valence electrons. The van der Waals surface area contributed by atoms with Crippen LogP contribution in [0, 0.1) is 5.82 Å². The van der Waals surface area contributed by atoms with Crippen molar-refractivity contribution >= 4 is 40.7 Å². The second kappa shape index (κ2) is 11.1. The molecule has 0 saturated carbocycles. The van der Waals surface area contributed by atoms with Crippen LogP contribution in [0.15, 0.2) is 71.8 Å². The minimum absolute atomic E-state index is 0.144. The number of nitrogens with zero attached hydrogens (tertiary/aromatic N) is 3. The van der Waals surface area contributed by atoms with Gasteiger partial charge in [-0.2, -0.15) is 0 Å². The molecule has 38 heavy (non-hydrogen) atoms. The van der Waals surface area contributed by atoms with E-state index in [2.05, 4.69) is 40.4 Å². The molecule has 0 unspecified atom stereocenters. The van der Waals surface area contributed by atoms with Crippen LogP contribution in [-0.4, -0.2) is 39.9 Å². The summed E-state index contributed by atoms with van der Waals surface area (Å²) in [6.45, 7) is 5.28. The lowest BCUT2D eigenvalue weighted by Crippen LogP contribution is -2.15. The number of hydrogen-bond donors (Lipinski definition) is 1. The van der Waals surface area contributed by atoms with Gasteiger partial charge in [0.15, 0.2) is 0 Å². The molecule has 0 atom stereocenters. The highest BCUT2D eigenvalue weighted by atomic mass is 35.5. The molecule has 0 saturated heterocycles. The number of thioether (sulfide) groups is 1. The number of halogens is 3. The van der Waals surface area contributed by atoms with Gasteiger partial charge in [-0.3, -0.25) is 4.57 Å². The number of aromatic nitrogens is 2. The predicted octanol–water partition coefficient (Wildman–Crippen LogP) is 8.52. The van der Waals surface area contributed by atoms with Crippen molar-refractivity contribution in [2.75, 3.05) is 20.4 Å². The molecule has 0 fully saturated rings. The number of allylic oxidation sites excluding steroid dienone is 1. The molecule has 0 aliphatic heterocycles. The van der Waals surface area contributed by atoms with E-state index in [1.54, 1.807) is 48.5 Å². The Bertz CT molecular complexity index is 1500.